The molecule has 3 N–H and O–H groups in total. The number of nitrogens with zero attached hydrogens (tertiary/aromatic N) is 4. The van der Waals surface area contributed by atoms with Crippen molar-refractivity contribution >= 4 is 22.8 Å². The van der Waals surface area contributed by atoms with Crippen LogP contribution in [0.3, 0.4) is 0 Å². The highest BCUT2D eigenvalue weighted by Crippen LogP contribution is 2.32. The van der Waals surface area contributed by atoms with Crippen LogP contribution in [0.1, 0.15) is 12.5 Å². The van der Waals surface area contributed by atoms with Crippen LogP contribution in [-0.4, -0.2) is 55.0 Å². The van der Waals surface area contributed by atoms with Gasteiger partial charge in [0.25, 0.3) is 0 Å². The summed E-state index contributed by atoms with van der Waals surface area (Å²) in [6, 6.07) is -0.446. The SMILES string of the molecule is CN[C@H]1C[C@@H](n2cnc3cnc(Cl)nc32)[C@@H](O)[C@H]1O. The molecule has 0 unspecified atom stereocenters. The van der Waals surface area contributed by atoms with Crippen molar-refractivity contribution in [2.24, 2.45) is 0 Å². The minimum absolute atomic E-state index is 0.132. The summed E-state index contributed by atoms with van der Waals surface area (Å²) >= 11 is 5.79. The zero-order chi connectivity index (χ0) is 13.6. The molecule has 0 aliphatic heterocycles. The predicted octanol–water partition coefficient (Wildman–Crippen LogP) is -0.266. The standard InChI is InChI=1S/C11H14ClN5O2/c1-13-5-2-7(9(19)8(5)18)17-4-15-6-3-14-11(12)16-10(6)17/h3-5,7-9,13,18-19H,2H2,1H3/t5-,7+,8-,9+/m0/s1. The number of rotatable bonds is 2. The highest BCUT2D eigenvalue weighted by Gasteiger charge is 2.42. The lowest BCUT2D eigenvalue weighted by atomic mass is 10.2. The highest BCUT2D eigenvalue weighted by molar-refractivity contribution is 6.28. The maximum atomic E-state index is 10.1. The summed E-state index contributed by atoms with van der Waals surface area (Å²) < 4.78 is 1.74. The van der Waals surface area contributed by atoms with Gasteiger partial charge in [-0.05, 0) is 25.1 Å². The van der Waals surface area contributed by atoms with E-state index in [4.69, 9.17) is 11.6 Å². The molecule has 102 valence electrons. The first-order valence-corrected chi connectivity index (χ1v) is 6.38. The Bertz CT molecular complexity index is 604. The van der Waals surface area contributed by atoms with Crippen LogP contribution >= 0.6 is 11.6 Å². The van der Waals surface area contributed by atoms with E-state index in [1.807, 2.05) is 0 Å². The van der Waals surface area contributed by atoms with E-state index < -0.39 is 12.2 Å². The van der Waals surface area contributed by atoms with Crippen molar-refractivity contribution in [3.8, 4) is 0 Å². The predicted molar refractivity (Wildman–Crippen MR) is 68.8 cm³/mol. The second-order valence-corrected chi connectivity index (χ2v) is 5.02. The number of hydrogen-bond acceptors (Lipinski definition) is 6. The Morgan fingerprint density at radius 3 is 2.84 bits per heavy atom. The van der Waals surface area contributed by atoms with Crippen molar-refractivity contribution in [2.45, 2.75) is 30.7 Å². The second kappa shape index (κ2) is 4.68. The molecule has 8 heteroatoms. The van der Waals surface area contributed by atoms with Gasteiger partial charge in [0.1, 0.15) is 11.6 Å². The van der Waals surface area contributed by atoms with E-state index in [0.717, 1.165) is 0 Å². The summed E-state index contributed by atoms with van der Waals surface area (Å²) in [6.45, 7) is 0. The quantitative estimate of drug-likeness (QED) is 0.657. The van der Waals surface area contributed by atoms with Crippen LogP contribution in [0.25, 0.3) is 11.2 Å². The number of fused-ring (bicyclic) bond motifs is 1. The summed E-state index contributed by atoms with van der Waals surface area (Å²) in [7, 11) is 1.76. The molecule has 1 aliphatic rings. The Morgan fingerprint density at radius 2 is 2.16 bits per heavy atom. The van der Waals surface area contributed by atoms with E-state index in [2.05, 4.69) is 20.3 Å². The number of aliphatic hydroxyl groups excluding tert-OH is 2. The molecule has 1 aliphatic carbocycles. The van der Waals surface area contributed by atoms with Crippen LogP contribution in [0, 0.1) is 0 Å². The van der Waals surface area contributed by atoms with Gasteiger partial charge in [0, 0.05) is 6.04 Å². The zero-order valence-corrected chi connectivity index (χ0v) is 11.0. The van der Waals surface area contributed by atoms with E-state index >= 15 is 0 Å². The Hall–Kier alpha value is -1.28. The molecule has 4 atom stereocenters. The van der Waals surface area contributed by atoms with E-state index in [1.165, 1.54) is 6.20 Å². The third kappa shape index (κ3) is 1.99. The van der Waals surface area contributed by atoms with Gasteiger partial charge in [0.15, 0.2) is 5.65 Å². The van der Waals surface area contributed by atoms with Gasteiger partial charge in [0.2, 0.25) is 5.28 Å². The lowest BCUT2D eigenvalue weighted by molar-refractivity contribution is 0.0151. The van der Waals surface area contributed by atoms with E-state index in [9.17, 15) is 10.2 Å². The number of aromatic nitrogens is 4. The lowest BCUT2D eigenvalue weighted by Crippen LogP contribution is -2.38. The molecule has 0 bridgehead atoms. The molecule has 2 aromatic heterocycles. The average Bonchev–Trinajstić information content (AvgIpc) is 2.92. The summed E-state index contributed by atoms with van der Waals surface area (Å²) in [5.41, 5.74) is 1.17. The Balaban J connectivity index is 2.03. The summed E-state index contributed by atoms with van der Waals surface area (Å²) in [5.74, 6) is 0. The number of halogens is 1. The van der Waals surface area contributed by atoms with Gasteiger partial charge in [-0.3, -0.25) is 0 Å². The van der Waals surface area contributed by atoms with Gasteiger partial charge in [-0.2, -0.15) is 4.98 Å². The largest absolute Gasteiger partial charge is 0.389 e. The number of aliphatic hydroxyl groups is 2. The van der Waals surface area contributed by atoms with Gasteiger partial charge >= 0.3 is 0 Å². The molecule has 0 saturated heterocycles. The van der Waals surface area contributed by atoms with Crippen molar-refractivity contribution in [3.05, 3.63) is 17.8 Å². The van der Waals surface area contributed by atoms with Crippen molar-refractivity contribution in [2.75, 3.05) is 7.05 Å². The van der Waals surface area contributed by atoms with E-state index in [0.29, 0.717) is 17.6 Å². The molecular weight excluding hydrogens is 270 g/mol. The first kappa shape index (κ1) is 12.7. The molecular formula is C11H14ClN5O2. The van der Waals surface area contributed by atoms with E-state index in [1.54, 1.807) is 17.9 Å². The Kier molecular flexibility index (Phi) is 3.14. The summed E-state index contributed by atoms with van der Waals surface area (Å²) in [4.78, 5) is 12.2. The molecule has 0 radical (unpaired) electrons. The second-order valence-electron chi connectivity index (χ2n) is 4.68. The first-order chi connectivity index (χ1) is 9.11. The average molecular weight is 284 g/mol. The van der Waals surface area contributed by atoms with Gasteiger partial charge in [-0.1, -0.05) is 0 Å². The van der Waals surface area contributed by atoms with Gasteiger partial charge in [-0.25, -0.2) is 9.97 Å². The number of nitrogens with one attached hydrogen (secondary N) is 1. The lowest BCUT2D eigenvalue weighted by Gasteiger charge is -2.18. The number of hydrogen-bond donors (Lipinski definition) is 3. The third-order valence-corrected chi connectivity index (χ3v) is 3.85. The number of imidazole rings is 1. The number of likely N-dealkylation sites (N-methyl/N-ethyl adjacent to an activating group) is 1. The molecule has 1 saturated carbocycles. The maximum Gasteiger partial charge on any atom is 0.224 e. The maximum absolute atomic E-state index is 10.1. The molecule has 19 heavy (non-hydrogen) atoms. The smallest absolute Gasteiger partial charge is 0.224 e. The fourth-order valence-electron chi connectivity index (χ4n) is 2.62. The molecule has 7 nitrogen and oxygen atoms in total. The topological polar surface area (TPSA) is 96.1 Å². The normalized spacial score (nSPS) is 31.2. The summed E-state index contributed by atoms with van der Waals surface area (Å²) in [5, 5.41) is 23.2. The van der Waals surface area contributed by atoms with Crippen LogP contribution < -0.4 is 5.32 Å². The van der Waals surface area contributed by atoms with Gasteiger partial charge in [-0.15, -0.1) is 0 Å². The van der Waals surface area contributed by atoms with Crippen LogP contribution in [0.4, 0.5) is 0 Å². The minimum Gasteiger partial charge on any atom is -0.389 e. The monoisotopic (exact) mass is 283 g/mol. The van der Waals surface area contributed by atoms with E-state index in [-0.39, 0.29) is 17.4 Å². The van der Waals surface area contributed by atoms with Crippen molar-refractivity contribution in [1.82, 2.24) is 24.8 Å². The molecule has 0 spiro atoms. The van der Waals surface area contributed by atoms with Crippen LogP contribution in [0.2, 0.25) is 5.28 Å². The van der Waals surface area contributed by atoms with Crippen LogP contribution in [-0.2, 0) is 0 Å². The van der Waals surface area contributed by atoms with Gasteiger partial charge < -0.3 is 20.1 Å². The molecule has 1 fully saturated rings. The zero-order valence-electron chi connectivity index (χ0n) is 10.2. The Labute approximate surface area is 114 Å². The van der Waals surface area contributed by atoms with Crippen molar-refractivity contribution in [1.29, 1.82) is 0 Å². The van der Waals surface area contributed by atoms with Crippen LogP contribution in [0.15, 0.2) is 12.5 Å². The summed E-state index contributed by atoms with van der Waals surface area (Å²) in [6.07, 6.45) is 2.03. The molecule has 3 rings (SSSR count). The highest BCUT2D eigenvalue weighted by atomic mass is 35.5. The van der Waals surface area contributed by atoms with Crippen molar-refractivity contribution < 1.29 is 10.2 Å². The minimum atomic E-state index is -0.872. The third-order valence-electron chi connectivity index (χ3n) is 3.67. The fraction of sp³-hybridized carbons (Fsp3) is 0.545. The molecule has 2 heterocycles. The van der Waals surface area contributed by atoms with Gasteiger partial charge in [0.05, 0.1) is 24.7 Å². The van der Waals surface area contributed by atoms with Crippen LogP contribution in [0.5, 0.6) is 0 Å². The van der Waals surface area contributed by atoms with Crippen molar-refractivity contribution in [3.63, 3.8) is 0 Å². The molecule has 0 aromatic carbocycles. The Morgan fingerprint density at radius 1 is 1.37 bits per heavy atom. The fourth-order valence-corrected chi connectivity index (χ4v) is 2.75. The molecule has 0 amide bonds. The molecule has 2 aromatic rings. The first-order valence-electron chi connectivity index (χ1n) is 6.00.